The first-order chi connectivity index (χ1) is 14.2. The van der Waals surface area contributed by atoms with Crippen molar-refractivity contribution in [1.29, 1.82) is 0 Å². The molecule has 0 saturated carbocycles. The molecular formula is C23H22FN3O2. The molecule has 6 heteroatoms. The van der Waals surface area contributed by atoms with Crippen molar-refractivity contribution in [1.82, 2.24) is 4.98 Å². The van der Waals surface area contributed by atoms with Gasteiger partial charge in [-0.05, 0) is 54.8 Å². The topological polar surface area (TPSA) is 54.5 Å². The fourth-order valence-corrected chi connectivity index (χ4v) is 3.53. The van der Waals surface area contributed by atoms with Gasteiger partial charge in [-0.3, -0.25) is 4.79 Å². The minimum Gasteiger partial charge on any atom is -0.491 e. The fourth-order valence-electron chi connectivity index (χ4n) is 3.53. The maximum absolute atomic E-state index is 14.1. The first kappa shape index (κ1) is 18.9. The lowest BCUT2D eigenvalue weighted by atomic mass is 10.1. The van der Waals surface area contributed by atoms with E-state index in [0.29, 0.717) is 31.1 Å². The lowest BCUT2D eigenvalue weighted by Gasteiger charge is -2.19. The smallest absolute Gasteiger partial charge is 0.262 e. The summed E-state index contributed by atoms with van der Waals surface area (Å²) in [5.41, 5.74) is 3.35. The summed E-state index contributed by atoms with van der Waals surface area (Å²) in [5.74, 6) is 0.217. The molecule has 2 heterocycles. The van der Waals surface area contributed by atoms with E-state index in [1.807, 2.05) is 31.2 Å². The van der Waals surface area contributed by atoms with E-state index in [4.69, 9.17) is 4.74 Å². The number of hydrogen-bond acceptors (Lipinski definition) is 4. The summed E-state index contributed by atoms with van der Waals surface area (Å²) in [5, 5.41) is 3.17. The Hall–Kier alpha value is -3.41. The van der Waals surface area contributed by atoms with E-state index in [1.54, 1.807) is 35.4 Å². The second-order valence-corrected chi connectivity index (χ2v) is 6.79. The van der Waals surface area contributed by atoms with E-state index in [9.17, 15) is 9.18 Å². The van der Waals surface area contributed by atoms with Gasteiger partial charge in [-0.1, -0.05) is 24.3 Å². The lowest BCUT2D eigenvalue weighted by molar-refractivity contribution is 0.0990. The Morgan fingerprint density at radius 3 is 2.90 bits per heavy atom. The minimum absolute atomic E-state index is 0.0941. The van der Waals surface area contributed by atoms with Crippen molar-refractivity contribution in [3.63, 3.8) is 0 Å². The van der Waals surface area contributed by atoms with E-state index in [0.717, 1.165) is 17.7 Å². The zero-order valence-electron chi connectivity index (χ0n) is 16.2. The standard InChI is InChI=1S/C23H22FN3O2/c1-2-29-21-10-9-16(14-19(21)24)15-26-22-18(7-5-12-25-22)23(28)27-13-11-17-6-3-4-8-20(17)27/h3-10,12,14H,2,11,13,15H2,1H3,(H,25,26). The van der Waals surface area contributed by atoms with E-state index in [-0.39, 0.29) is 11.7 Å². The highest BCUT2D eigenvalue weighted by molar-refractivity contribution is 6.10. The summed E-state index contributed by atoms with van der Waals surface area (Å²) < 4.78 is 19.3. The van der Waals surface area contributed by atoms with E-state index >= 15 is 0 Å². The molecule has 5 nitrogen and oxygen atoms in total. The van der Waals surface area contributed by atoms with E-state index < -0.39 is 5.82 Å². The van der Waals surface area contributed by atoms with Crippen molar-refractivity contribution in [2.24, 2.45) is 0 Å². The first-order valence-electron chi connectivity index (χ1n) is 9.67. The Bertz CT molecular complexity index is 1040. The number of benzene rings is 2. The van der Waals surface area contributed by atoms with Gasteiger partial charge in [-0.15, -0.1) is 0 Å². The molecule has 1 aliphatic heterocycles. The van der Waals surface area contributed by atoms with Crippen LogP contribution in [0.15, 0.2) is 60.8 Å². The predicted molar refractivity (Wildman–Crippen MR) is 111 cm³/mol. The molecule has 1 aromatic heterocycles. The summed E-state index contributed by atoms with van der Waals surface area (Å²) in [6.07, 6.45) is 2.48. The number of halogens is 1. The third-order valence-corrected chi connectivity index (χ3v) is 4.93. The first-order valence-corrected chi connectivity index (χ1v) is 9.67. The number of carbonyl (C=O) groups is 1. The number of hydrogen-bond donors (Lipinski definition) is 1. The third kappa shape index (κ3) is 3.92. The van der Waals surface area contributed by atoms with Crippen LogP contribution in [0.3, 0.4) is 0 Å². The fraction of sp³-hybridized carbons (Fsp3) is 0.217. The molecule has 4 rings (SSSR count). The van der Waals surface area contributed by atoms with Gasteiger partial charge in [0.1, 0.15) is 5.82 Å². The molecule has 29 heavy (non-hydrogen) atoms. The number of anilines is 2. The van der Waals surface area contributed by atoms with Gasteiger partial charge in [-0.25, -0.2) is 9.37 Å². The van der Waals surface area contributed by atoms with Gasteiger partial charge in [0.25, 0.3) is 5.91 Å². The molecule has 148 valence electrons. The van der Waals surface area contributed by atoms with Crippen LogP contribution < -0.4 is 15.0 Å². The molecule has 1 aliphatic rings. The van der Waals surface area contributed by atoms with Gasteiger partial charge in [0.2, 0.25) is 0 Å². The van der Waals surface area contributed by atoms with Crippen LogP contribution in [0.4, 0.5) is 15.9 Å². The molecule has 0 atom stereocenters. The predicted octanol–water partition coefficient (Wildman–Crippen LogP) is 4.43. The van der Waals surface area contributed by atoms with Crippen molar-refractivity contribution in [2.45, 2.75) is 19.9 Å². The summed E-state index contributed by atoms with van der Waals surface area (Å²) in [6, 6.07) is 16.3. The number of rotatable bonds is 6. The molecule has 0 unspecified atom stereocenters. The highest BCUT2D eigenvalue weighted by Gasteiger charge is 2.27. The van der Waals surface area contributed by atoms with E-state index in [1.165, 1.54) is 11.6 Å². The van der Waals surface area contributed by atoms with Gasteiger partial charge in [0, 0.05) is 25.0 Å². The van der Waals surface area contributed by atoms with Gasteiger partial charge in [0.05, 0.1) is 12.2 Å². The number of nitrogens with one attached hydrogen (secondary N) is 1. The number of amides is 1. The van der Waals surface area contributed by atoms with Crippen molar-refractivity contribution in [2.75, 3.05) is 23.4 Å². The Morgan fingerprint density at radius 2 is 2.07 bits per heavy atom. The number of pyridine rings is 1. The van der Waals surface area contributed by atoms with E-state index in [2.05, 4.69) is 10.3 Å². The second-order valence-electron chi connectivity index (χ2n) is 6.79. The average molecular weight is 391 g/mol. The second kappa shape index (κ2) is 8.31. The number of fused-ring (bicyclic) bond motifs is 1. The molecule has 2 aromatic carbocycles. The SMILES string of the molecule is CCOc1ccc(CNc2ncccc2C(=O)N2CCc3ccccc32)cc1F. The quantitative estimate of drug-likeness (QED) is 0.675. The van der Waals surface area contributed by atoms with Crippen LogP contribution >= 0.6 is 0 Å². The van der Waals surface area contributed by atoms with Crippen LogP contribution in [0.5, 0.6) is 5.75 Å². The summed E-state index contributed by atoms with van der Waals surface area (Å²) >= 11 is 0. The van der Waals surface area contributed by atoms with Crippen LogP contribution in [0.1, 0.15) is 28.4 Å². The highest BCUT2D eigenvalue weighted by Crippen LogP contribution is 2.30. The third-order valence-electron chi connectivity index (χ3n) is 4.93. The van der Waals surface area contributed by atoms with Crippen molar-refractivity contribution in [3.05, 3.63) is 83.3 Å². The van der Waals surface area contributed by atoms with Crippen LogP contribution in [-0.4, -0.2) is 24.0 Å². The lowest BCUT2D eigenvalue weighted by Crippen LogP contribution is -2.29. The Morgan fingerprint density at radius 1 is 1.21 bits per heavy atom. The Labute approximate surface area is 169 Å². The largest absolute Gasteiger partial charge is 0.491 e. The van der Waals surface area contributed by atoms with Crippen molar-refractivity contribution < 1.29 is 13.9 Å². The van der Waals surface area contributed by atoms with Crippen LogP contribution in [0, 0.1) is 5.82 Å². The molecule has 0 bridgehead atoms. The Balaban J connectivity index is 1.52. The number of para-hydroxylation sites is 1. The van der Waals surface area contributed by atoms with Crippen LogP contribution in [0.25, 0.3) is 0 Å². The summed E-state index contributed by atoms with van der Waals surface area (Å²) in [4.78, 5) is 19.3. The van der Waals surface area contributed by atoms with Crippen molar-refractivity contribution >= 4 is 17.4 Å². The number of ether oxygens (including phenoxy) is 1. The Kier molecular flexibility index (Phi) is 5.42. The van der Waals surface area contributed by atoms with Crippen LogP contribution in [0.2, 0.25) is 0 Å². The monoisotopic (exact) mass is 391 g/mol. The van der Waals surface area contributed by atoms with Crippen LogP contribution in [-0.2, 0) is 13.0 Å². The average Bonchev–Trinajstić information content (AvgIpc) is 3.18. The number of carbonyl (C=O) groups excluding carboxylic acids is 1. The maximum Gasteiger partial charge on any atom is 0.262 e. The van der Waals surface area contributed by atoms with Gasteiger partial charge < -0.3 is 15.0 Å². The minimum atomic E-state index is -0.405. The summed E-state index contributed by atoms with van der Waals surface area (Å²) in [7, 11) is 0. The molecule has 1 N–H and O–H groups in total. The highest BCUT2D eigenvalue weighted by atomic mass is 19.1. The van der Waals surface area contributed by atoms with Gasteiger partial charge in [-0.2, -0.15) is 0 Å². The normalized spacial score (nSPS) is 12.6. The molecule has 0 spiro atoms. The molecule has 3 aromatic rings. The molecular weight excluding hydrogens is 369 g/mol. The molecule has 0 fully saturated rings. The molecule has 0 radical (unpaired) electrons. The zero-order valence-corrected chi connectivity index (χ0v) is 16.2. The zero-order chi connectivity index (χ0) is 20.2. The van der Waals surface area contributed by atoms with Gasteiger partial charge in [0.15, 0.2) is 11.6 Å². The molecule has 0 aliphatic carbocycles. The summed E-state index contributed by atoms with van der Waals surface area (Å²) in [6.45, 7) is 3.22. The maximum atomic E-state index is 14.1. The molecule has 1 amide bonds. The van der Waals surface area contributed by atoms with Gasteiger partial charge >= 0.3 is 0 Å². The number of aromatic nitrogens is 1. The molecule has 0 saturated heterocycles. The van der Waals surface area contributed by atoms with Crippen molar-refractivity contribution in [3.8, 4) is 5.75 Å². The number of nitrogens with zero attached hydrogens (tertiary/aromatic N) is 2.